The maximum atomic E-state index is 11.8. The molecule has 0 aliphatic rings. The molecule has 1 N–H and O–H groups in total. The number of thiazole rings is 1. The number of benzene rings is 1. The van der Waals surface area contributed by atoms with E-state index in [0.717, 1.165) is 23.5 Å². The predicted molar refractivity (Wildman–Crippen MR) is 96.5 cm³/mol. The Morgan fingerprint density at radius 2 is 1.96 bits per heavy atom. The molecule has 1 heterocycles. The number of rotatable bonds is 9. The van der Waals surface area contributed by atoms with E-state index < -0.39 is 10.0 Å². The van der Waals surface area contributed by atoms with Gasteiger partial charge in [-0.2, -0.15) is 0 Å². The number of hydrogen-bond acceptors (Lipinski definition) is 4. The van der Waals surface area contributed by atoms with Crippen LogP contribution in [0, 0.1) is 6.92 Å². The Bertz CT molecular complexity index is 709. The number of hydrogen-bond donors (Lipinski definition) is 1. The molecular formula is C17H24N2O2S2. The van der Waals surface area contributed by atoms with Gasteiger partial charge in [0, 0.05) is 24.3 Å². The van der Waals surface area contributed by atoms with Crippen molar-refractivity contribution in [3.8, 4) is 0 Å². The predicted octanol–water partition coefficient (Wildman–Crippen LogP) is 3.30. The van der Waals surface area contributed by atoms with Crippen molar-refractivity contribution in [1.29, 1.82) is 0 Å². The summed E-state index contributed by atoms with van der Waals surface area (Å²) in [5, 5.41) is 0.992. The van der Waals surface area contributed by atoms with Crippen LogP contribution in [0.15, 0.2) is 30.3 Å². The van der Waals surface area contributed by atoms with E-state index in [4.69, 9.17) is 0 Å². The molecule has 126 valence electrons. The zero-order valence-corrected chi connectivity index (χ0v) is 15.3. The minimum atomic E-state index is -3.14. The van der Waals surface area contributed by atoms with E-state index in [2.05, 4.69) is 21.8 Å². The maximum Gasteiger partial charge on any atom is 0.211 e. The lowest BCUT2D eigenvalue weighted by molar-refractivity contribution is 0.578. The largest absolute Gasteiger partial charge is 0.246 e. The lowest BCUT2D eigenvalue weighted by Gasteiger charge is -2.04. The molecule has 0 aliphatic heterocycles. The van der Waals surface area contributed by atoms with Gasteiger partial charge >= 0.3 is 0 Å². The summed E-state index contributed by atoms with van der Waals surface area (Å²) < 4.78 is 26.2. The van der Waals surface area contributed by atoms with E-state index in [1.54, 1.807) is 11.3 Å². The molecule has 1 aromatic heterocycles. The van der Waals surface area contributed by atoms with Gasteiger partial charge in [-0.25, -0.2) is 18.1 Å². The van der Waals surface area contributed by atoms with Gasteiger partial charge < -0.3 is 0 Å². The van der Waals surface area contributed by atoms with Gasteiger partial charge in [-0.1, -0.05) is 43.7 Å². The van der Waals surface area contributed by atoms with E-state index in [9.17, 15) is 8.42 Å². The fourth-order valence-corrected chi connectivity index (χ4v) is 4.59. The molecule has 0 radical (unpaired) electrons. The second-order valence-corrected chi connectivity index (χ2v) is 8.69. The summed E-state index contributed by atoms with van der Waals surface area (Å²) in [6, 6.07) is 10.3. The summed E-state index contributed by atoms with van der Waals surface area (Å²) in [5.41, 5.74) is 2.31. The summed E-state index contributed by atoms with van der Waals surface area (Å²) in [4.78, 5) is 5.82. The number of nitrogens with zero attached hydrogens (tertiary/aromatic N) is 1. The standard InChI is InChI=1S/C17H24N2O2S2/c1-3-4-12-23(20,21)18-11-10-17-19-14(2)16(22-17)13-15-8-6-5-7-9-15/h5-9,18H,3-4,10-13H2,1-2H3. The van der Waals surface area contributed by atoms with Gasteiger partial charge in [0.1, 0.15) is 0 Å². The van der Waals surface area contributed by atoms with Gasteiger partial charge in [-0.05, 0) is 18.9 Å². The minimum absolute atomic E-state index is 0.208. The summed E-state index contributed by atoms with van der Waals surface area (Å²) in [5.74, 6) is 0.208. The Balaban J connectivity index is 1.89. The van der Waals surface area contributed by atoms with Crippen LogP contribution in [-0.4, -0.2) is 25.7 Å². The van der Waals surface area contributed by atoms with Crippen LogP contribution < -0.4 is 4.72 Å². The average molecular weight is 353 g/mol. The first kappa shape index (κ1) is 18.1. The number of aromatic nitrogens is 1. The molecule has 1 aromatic carbocycles. The number of aryl methyl sites for hydroxylation is 1. The second-order valence-electron chi connectivity index (χ2n) is 5.60. The van der Waals surface area contributed by atoms with Crippen molar-refractivity contribution in [3.63, 3.8) is 0 Å². The smallest absolute Gasteiger partial charge is 0.211 e. The van der Waals surface area contributed by atoms with E-state index in [1.165, 1.54) is 10.4 Å². The molecule has 0 spiro atoms. The van der Waals surface area contributed by atoms with Crippen molar-refractivity contribution in [2.24, 2.45) is 0 Å². The quantitative estimate of drug-likeness (QED) is 0.753. The van der Waals surface area contributed by atoms with E-state index in [1.807, 2.05) is 32.0 Å². The SMILES string of the molecule is CCCCS(=O)(=O)NCCc1nc(C)c(Cc2ccccc2)s1. The van der Waals surface area contributed by atoms with Gasteiger partial charge in [0.25, 0.3) is 0 Å². The summed E-state index contributed by atoms with van der Waals surface area (Å²) in [6.07, 6.45) is 3.11. The van der Waals surface area contributed by atoms with Crippen molar-refractivity contribution >= 4 is 21.4 Å². The average Bonchev–Trinajstić information content (AvgIpc) is 2.86. The lowest BCUT2D eigenvalue weighted by Crippen LogP contribution is -2.28. The maximum absolute atomic E-state index is 11.8. The zero-order chi connectivity index (χ0) is 16.7. The number of unbranched alkanes of at least 4 members (excludes halogenated alkanes) is 1. The normalized spacial score (nSPS) is 11.7. The van der Waals surface area contributed by atoms with E-state index >= 15 is 0 Å². The molecule has 0 amide bonds. The van der Waals surface area contributed by atoms with Crippen LogP contribution in [0.5, 0.6) is 0 Å². The van der Waals surface area contributed by atoms with Gasteiger partial charge in [-0.15, -0.1) is 11.3 Å². The van der Waals surface area contributed by atoms with E-state index in [-0.39, 0.29) is 5.75 Å². The third-order valence-corrected chi connectivity index (χ3v) is 6.26. The number of sulfonamides is 1. The molecule has 0 bridgehead atoms. The fraction of sp³-hybridized carbons (Fsp3) is 0.471. The van der Waals surface area contributed by atoms with Crippen molar-refractivity contribution in [3.05, 3.63) is 51.5 Å². The van der Waals surface area contributed by atoms with Crippen LogP contribution in [-0.2, 0) is 22.9 Å². The Kier molecular flexibility index (Phi) is 6.74. The van der Waals surface area contributed by atoms with E-state index in [0.29, 0.717) is 19.4 Å². The lowest BCUT2D eigenvalue weighted by atomic mass is 10.1. The first-order chi connectivity index (χ1) is 11.0. The van der Waals surface area contributed by atoms with Gasteiger partial charge in [0.2, 0.25) is 10.0 Å². The second kappa shape index (κ2) is 8.57. The molecule has 23 heavy (non-hydrogen) atoms. The summed E-state index contributed by atoms with van der Waals surface area (Å²) in [7, 11) is -3.14. The highest BCUT2D eigenvalue weighted by atomic mass is 32.2. The highest BCUT2D eigenvalue weighted by Gasteiger charge is 2.11. The third-order valence-electron chi connectivity index (χ3n) is 3.57. The first-order valence-electron chi connectivity index (χ1n) is 7.96. The van der Waals surface area contributed by atoms with Gasteiger partial charge in [-0.3, -0.25) is 0 Å². The summed E-state index contributed by atoms with van der Waals surface area (Å²) >= 11 is 1.68. The van der Waals surface area contributed by atoms with Crippen LogP contribution in [0.2, 0.25) is 0 Å². The topological polar surface area (TPSA) is 59.1 Å². The van der Waals surface area contributed by atoms with Crippen LogP contribution >= 0.6 is 11.3 Å². The summed E-state index contributed by atoms with van der Waals surface area (Å²) in [6.45, 7) is 4.43. The zero-order valence-electron chi connectivity index (χ0n) is 13.7. The van der Waals surface area contributed by atoms with Crippen molar-refractivity contribution < 1.29 is 8.42 Å². The molecule has 4 nitrogen and oxygen atoms in total. The molecule has 0 saturated carbocycles. The highest BCUT2D eigenvalue weighted by molar-refractivity contribution is 7.89. The number of nitrogens with one attached hydrogen (secondary N) is 1. The van der Waals surface area contributed by atoms with Crippen LogP contribution in [0.25, 0.3) is 0 Å². The Morgan fingerprint density at radius 1 is 1.22 bits per heavy atom. The molecule has 2 rings (SSSR count). The van der Waals surface area contributed by atoms with Crippen LogP contribution in [0.4, 0.5) is 0 Å². The minimum Gasteiger partial charge on any atom is -0.246 e. The molecular weight excluding hydrogens is 328 g/mol. The van der Waals surface area contributed by atoms with Gasteiger partial charge in [0.05, 0.1) is 16.5 Å². The molecule has 0 atom stereocenters. The molecule has 6 heteroatoms. The Labute approximate surface area is 143 Å². The van der Waals surface area contributed by atoms with Crippen molar-refractivity contribution in [2.45, 2.75) is 39.5 Å². The molecule has 0 aliphatic carbocycles. The molecule has 0 fully saturated rings. The van der Waals surface area contributed by atoms with Crippen molar-refractivity contribution in [2.75, 3.05) is 12.3 Å². The molecule has 0 saturated heterocycles. The van der Waals surface area contributed by atoms with Crippen molar-refractivity contribution in [1.82, 2.24) is 9.71 Å². The first-order valence-corrected chi connectivity index (χ1v) is 10.4. The Morgan fingerprint density at radius 3 is 2.65 bits per heavy atom. The van der Waals surface area contributed by atoms with Crippen LogP contribution in [0.3, 0.4) is 0 Å². The molecule has 2 aromatic rings. The molecule has 0 unspecified atom stereocenters. The fourth-order valence-electron chi connectivity index (χ4n) is 2.26. The van der Waals surface area contributed by atoms with Gasteiger partial charge in [0.15, 0.2) is 0 Å². The third kappa shape index (κ3) is 6.05. The highest BCUT2D eigenvalue weighted by Crippen LogP contribution is 2.21. The van der Waals surface area contributed by atoms with Crippen LogP contribution in [0.1, 0.15) is 40.9 Å². The Hall–Kier alpha value is -1.24. The monoisotopic (exact) mass is 352 g/mol.